The second-order valence-electron chi connectivity index (χ2n) is 5.90. The molecule has 0 aromatic heterocycles. The number of hydrogen-bond acceptors (Lipinski definition) is 1. The lowest BCUT2D eigenvalue weighted by molar-refractivity contribution is -0.485. The largest absolute Gasteiger partial charge is 0.467 e. The first-order valence-electron chi connectivity index (χ1n) is 7.07. The Labute approximate surface area is 171 Å². The summed E-state index contributed by atoms with van der Waals surface area (Å²) >= 11 is 0. The van der Waals surface area contributed by atoms with Crippen LogP contribution in [0, 0.1) is 0 Å². The van der Waals surface area contributed by atoms with Crippen LogP contribution in [-0.2, 0) is 4.74 Å². The zero-order chi connectivity index (χ0) is 28.4. The van der Waals surface area contributed by atoms with Crippen molar-refractivity contribution in [1.29, 1.82) is 0 Å². The minimum Gasteiger partial charge on any atom is -0.454 e. The van der Waals surface area contributed by atoms with Gasteiger partial charge in [-0.1, -0.05) is 6.58 Å². The van der Waals surface area contributed by atoms with Gasteiger partial charge in [-0.2, -0.15) is 92.2 Å². The lowest BCUT2D eigenvalue weighted by Gasteiger charge is -2.44. The van der Waals surface area contributed by atoms with Crippen molar-refractivity contribution in [2.24, 2.45) is 0 Å². The van der Waals surface area contributed by atoms with Crippen LogP contribution in [0.2, 0.25) is 0 Å². The van der Waals surface area contributed by atoms with Crippen molar-refractivity contribution in [3.05, 3.63) is 12.8 Å². The summed E-state index contributed by atoms with van der Waals surface area (Å²) in [7, 11) is 0. The molecule has 0 bridgehead atoms. The Morgan fingerprint density at radius 3 is 0.794 bits per heavy atom. The first-order valence-corrected chi connectivity index (χ1v) is 7.07. The first kappa shape index (κ1) is 32.1. The van der Waals surface area contributed by atoms with Gasteiger partial charge in [-0.25, -0.2) is 0 Å². The van der Waals surface area contributed by atoms with Crippen molar-refractivity contribution >= 4 is 0 Å². The molecule has 0 amide bonds. The fourth-order valence-corrected chi connectivity index (χ4v) is 1.80. The molecule has 0 radical (unpaired) electrons. The smallest absolute Gasteiger partial charge is 0.454 e. The van der Waals surface area contributed by atoms with E-state index < -0.39 is 65.9 Å². The quantitative estimate of drug-likeness (QED) is 0.211. The number of alkyl halides is 21. The van der Waals surface area contributed by atoms with E-state index in [1.807, 2.05) is 6.58 Å². The lowest BCUT2D eigenvalue weighted by Crippen LogP contribution is -2.77. The molecule has 0 aliphatic rings. The van der Waals surface area contributed by atoms with Crippen molar-refractivity contribution in [3.63, 3.8) is 0 Å². The van der Waals surface area contributed by atoms with E-state index in [9.17, 15) is 92.2 Å². The Morgan fingerprint density at radius 1 is 0.353 bits per heavy atom. The van der Waals surface area contributed by atoms with Gasteiger partial charge in [0.05, 0.1) is 6.26 Å². The molecule has 0 rings (SSSR count). The number of rotatable bonds is 9. The van der Waals surface area contributed by atoms with Crippen LogP contribution in [-0.4, -0.2) is 59.7 Å². The molecule has 1 unspecified atom stereocenters. The van der Waals surface area contributed by atoms with E-state index >= 15 is 0 Å². The maximum atomic E-state index is 13.5. The molecule has 0 aliphatic carbocycles. The van der Waals surface area contributed by atoms with E-state index in [-0.39, 0.29) is 0 Å². The minimum absolute atomic E-state index is 1.18. The van der Waals surface area contributed by atoms with Crippen LogP contribution >= 0.6 is 0 Å². The van der Waals surface area contributed by atoms with Gasteiger partial charge in [0.15, 0.2) is 0 Å². The Hall–Kier alpha value is -1.93. The van der Waals surface area contributed by atoms with Gasteiger partial charge in [-0.15, -0.1) is 0 Å². The van der Waals surface area contributed by atoms with Crippen molar-refractivity contribution in [2.75, 3.05) is 0 Å². The Kier molecular flexibility index (Phi) is 7.34. The summed E-state index contributed by atoms with van der Waals surface area (Å²) in [6, 6.07) is 0. The van der Waals surface area contributed by atoms with Crippen LogP contribution in [0.5, 0.6) is 0 Å². The molecular weight excluding hydrogens is 559 g/mol. The predicted molar refractivity (Wildman–Crippen MR) is 61.9 cm³/mol. The first-order chi connectivity index (χ1) is 14.3. The van der Waals surface area contributed by atoms with E-state index in [2.05, 4.69) is 4.74 Å². The van der Waals surface area contributed by atoms with Crippen LogP contribution in [0.1, 0.15) is 0 Å². The molecule has 0 N–H and O–H groups in total. The lowest BCUT2D eigenvalue weighted by atomic mass is 9.87. The highest BCUT2D eigenvalue weighted by molar-refractivity contribution is 5.17. The molecule has 22 heteroatoms. The van der Waals surface area contributed by atoms with Crippen LogP contribution < -0.4 is 0 Å². The average molecular weight is 562 g/mol. The summed E-state index contributed by atoms with van der Waals surface area (Å²) in [5, 5.41) is 0. The van der Waals surface area contributed by atoms with Crippen molar-refractivity contribution in [2.45, 2.75) is 59.7 Å². The Bertz CT molecular complexity index is 757. The van der Waals surface area contributed by atoms with E-state index in [0.29, 0.717) is 0 Å². The van der Waals surface area contributed by atoms with Gasteiger partial charge in [0.2, 0.25) is 0 Å². The van der Waals surface area contributed by atoms with Gasteiger partial charge >= 0.3 is 59.7 Å². The van der Waals surface area contributed by atoms with Crippen LogP contribution in [0.3, 0.4) is 0 Å². The summed E-state index contributed by atoms with van der Waals surface area (Å²) in [6.45, 7) is 1.90. The standard InChI is InChI=1S/C12H3F21O/c1-2-34-10(27,12(31,32)33)8(23,24)6(19,20)4(15,16)3(13,14)5(17,18)7(21,22)9(25,26)11(28,29)30/h2H,1H2. The van der Waals surface area contributed by atoms with Crippen molar-refractivity contribution in [1.82, 2.24) is 0 Å². The van der Waals surface area contributed by atoms with Crippen molar-refractivity contribution in [3.8, 4) is 0 Å². The van der Waals surface area contributed by atoms with Gasteiger partial charge < -0.3 is 4.74 Å². The zero-order valence-electron chi connectivity index (χ0n) is 14.6. The van der Waals surface area contributed by atoms with E-state index in [1.165, 1.54) is 0 Å². The second-order valence-corrected chi connectivity index (χ2v) is 5.90. The highest BCUT2D eigenvalue weighted by atomic mass is 19.4. The normalized spacial score (nSPS) is 17.9. The molecule has 0 aromatic carbocycles. The topological polar surface area (TPSA) is 9.23 Å². The third-order valence-electron chi connectivity index (χ3n) is 3.74. The minimum atomic E-state index is -9.16. The monoisotopic (exact) mass is 562 g/mol. The Balaban J connectivity index is 7.16. The fraction of sp³-hybridized carbons (Fsp3) is 0.833. The molecule has 0 fully saturated rings. The molecule has 0 saturated carbocycles. The SMILES string of the molecule is C=COC(F)(C(F)(F)F)C(F)(F)C(F)(F)C(F)(F)C(F)(F)C(F)(F)C(F)(F)C(F)(F)C(F)(F)F. The average Bonchev–Trinajstić information content (AvgIpc) is 2.58. The molecule has 0 heterocycles. The second kappa shape index (κ2) is 7.79. The van der Waals surface area contributed by atoms with Crippen molar-refractivity contribution < 1.29 is 96.9 Å². The number of ether oxygens (including phenoxy) is 1. The van der Waals surface area contributed by atoms with Gasteiger partial charge in [0.1, 0.15) is 0 Å². The molecule has 1 nitrogen and oxygen atoms in total. The van der Waals surface area contributed by atoms with E-state index in [0.717, 1.165) is 0 Å². The van der Waals surface area contributed by atoms with E-state index in [4.69, 9.17) is 0 Å². The summed E-state index contributed by atoms with van der Waals surface area (Å²) in [5.41, 5.74) is 0. The zero-order valence-corrected chi connectivity index (χ0v) is 14.6. The van der Waals surface area contributed by atoms with Crippen LogP contribution in [0.4, 0.5) is 92.2 Å². The molecule has 34 heavy (non-hydrogen) atoms. The highest BCUT2D eigenvalue weighted by Crippen LogP contribution is 2.66. The molecule has 0 spiro atoms. The molecule has 0 saturated heterocycles. The summed E-state index contributed by atoms with van der Waals surface area (Å²) in [5.74, 6) is -69.6. The predicted octanol–water partition coefficient (Wildman–Crippen LogP) is 7.38. The highest BCUT2D eigenvalue weighted by Gasteiger charge is 2.98. The molecule has 0 aromatic rings. The molecule has 204 valence electrons. The third-order valence-corrected chi connectivity index (χ3v) is 3.74. The van der Waals surface area contributed by atoms with E-state index in [1.54, 1.807) is 0 Å². The van der Waals surface area contributed by atoms with Gasteiger partial charge in [-0.3, -0.25) is 0 Å². The number of halogens is 21. The van der Waals surface area contributed by atoms with Gasteiger partial charge in [0, 0.05) is 0 Å². The summed E-state index contributed by atoms with van der Waals surface area (Å²) in [6.07, 6.45) is -16.8. The van der Waals surface area contributed by atoms with Gasteiger partial charge in [0.25, 0.3) is 0 Å². The number of hydrogen-bond donors (Lipinski definition) is 0. The summed E-state index contributed by atoms with van der Waals surface area (Å²) < 4.78 is 274. The van der Waals surface area contributed by atoms with Crippen LogP contribution in [0.15, 0.2) is 12.8 Å². The maximum absolute atomic E-state index is 13.5. The maximum Gasteiger partial charge on any atom is 0.467 e. The van der Waals surface area contributed by atoms with Gasteiger partial charge in [-0.05, 0) is 0 Å². The molecule has 0 aliphatic heterocycles. The third kappa shape index (κ3) is 3.68. The van der Waals surface area contributed by atoms with Crippen LogP contribution in [0.25, 0.3) is 0 Å². The Morgan fingerprint density at radius 2 is 0.588 bits per heavy atom. The fourth-order valence-electron chi connectivity index (χ4n) is 1.80. The summed E-state index contributed by atoms with van der Waals surface area (Å²) in [4.78, 5) is 0. The molecule has 1 atom stereocenters. The molecular formula is C12H3F21O.